The second kappa shape index (κ2) is 5.54. The summed E-state index contributed by atoms with van der Waals surface area (Å²) in [6.45, 7) is 5.12. The van der Waals surface area contributed by atoms with Crippen LogP contribution in [0.3, 0.4) is 0 Å². The van der Waals surface area contributed by atoms with Crippen molar-refractivity contribution in [3.63, 3.8) is 0 Å². The Morgan fingerprint density at radius 3 is 2.82 bits per heavy atom. The minimum Gasteiger partial charge on any atom is -0.493 e. The first-order valence-electron chi connectivity index (χ1n) is 6.58. The zero-order valence-corrected chi connectivity index (χ0v) is 10.7. The van der Waals surface area contributed by atoms with Gasteiger partial charge in [-0.15, -0.1) is 0 Å². The van der Waals surface area contributed by atoms with E-state index in [4.69, 9.17) is 4.74 Å². The van der Waals surface area contributed by atoms with Crippen LogP contribution < -0.4 is 4.74 Å². The van der Waals surface area contributed by atoms with Crippen LogP contribution in [-0.2, 0) is 0 Å². The van der Waals surface area contributed by atoms with E-state index in [1.54, 1.807) is 0 Å². The van der Waals surface area contributed by atoms with Crippen LogP contribution in [0.4, 0.5) is 0 Å². The monoisotopic (exact) mass is 234 g/mol. The summed E-state index contributed by atoms with van der Waals surface area (Å²) in [4.78, 5) is 0. The van der Waals surface area contributed by atoms with Crippen molar-refractivity contribution in [3.05, 3.63) is 29.8 Å². The van der Waals surface area contributed by atoms with Gasteiger partial charge in [0.2, 0.25) is 0 Å². The third-order valence-electron chi connectivity index (χ3n) is 3.51. The molecule has 0 spiro atoms. The lowest BCUT2D eigenvalue weighted by Gasteiger charge is -2.29. The van der Waals surface area contributed by atoms with Crippen LogP contribution in [-0.4, -0.2) is 17.8 Å². The fourth-order valence-corrected chi connectivity index (χ4v) is 2.47. The minimum atomic E-state index is -0.234. The molecule has 2 atom stereocenters. The average Bonchev–Trinajstić information content (AvgIpc) is 2.35. The molecule has 0 saturated carbocycles. The summed E-state index contributed by atoms with van der Waals surface area (Å²) in [7, 11) is 0. The van der Waals surface area contributed by atoms with Crippen molar-refractivity contribution >= 4 is 0 Å². The third kappa shape index (κ3) is 3.01. The fourth-order valence-electron chi connectivity index (χ4n) is 2.47. The van der Waals surface area contributed by atoms with Crippen molar-refractivity contribution in [3.8, 4) is 5.75 Å². The van der Waals surface area contributed by atoms with Crippen LogP contribution in [0, 0.1) is 5.92 Å². The smallest absolute Gasteiger partial charge is 0.122 e. The van der Waals surface area contributed by atoms with E-state index < -0.39 is 0 Å². The van der Waals surface area contributed by atoms with Crippen molar-refractivity contribution < 1.29 is 9.84 Å². The number of aliphatic hydroxyl groups excluding tert-OH is 1. The second-order valence-corrected chi connectivity index (χ2v) is 5.32. The molecule has 0 radical (unpaired) electrons. The summed E-state index contributed by atoms with van der Waals surface area (Å²) in [5.41, 5.74) is 1.18. The molecule has 1 aliphatic heterocycles. The Kier molecular flexibility index (Phi) is 4.06. The Bertz CT molecular complexity index is 360. The SMILES string of the molecule is CC(C)CCC(O)C1CCOc2ccccc21. The van der Waals surface area contributed by atoms with Crippen molar-refractivity contribution in [1.29, 1.82) is 0 Å². The number of benzene rings is 1. The molecule has 0 amide bonds. The first-order valence-corrected chi connectivity index (χ1v) is 6.58. The van der Waals surface area contributed by atoms with Crippen LogP contribution in [0.25, 0.3) is 0 Å². The number of hydrogen-bond donors (Lipinski definition) is 1. The molecule has 0 bridgehead atoms. The molecule has 1 aliphatic rings. The minimum absolute atomic E-state index is 0.234. The van der Waals surface area contributed by atoms with Crippen molar-refractivity contribution in [2.75, 3.05) is 6.61 Å². The van der Waals surface area contributed by atoms with Crippen LogP contribution in [0.15, 0.2) is 24.3 Å². The van der Waals surface area contributed by atoms with E-state index in [0.717, 1.165) is 31.6 Å². The molecule has 0 saturated heterocycles. The molecule has 94 valence electrons. The number of rotatable bonds is 4. The molecular formula is C15H22O2. The molecule has 2 heteroatoms. The highest BCUT2D eigenvalue weighted by Gasteiger charge is 2.27. The third-order valence-corrected chi connectivity index (χ3v) is 3.51. The standard InChI is InChI=1S/C15H22O2/c1-11(2)7-8-14(16)12-9-10-17-15-6-4-3-5-13(12)15/h3-6,11-12,14,16H,7-10H2,1-2H3. The van der Waals surface area contributed by atoms with Crippen molar-refractivity contribution in [2.45, 2.75) is 45.1 Å². The van der Waals surface area contributed by atoms with Gasteiger partial charge in [-0.25, -0.2) is 0 Å². The number of fused-ring (bicyclic) bond motifs is 1. The lowest BCUT2D eigenvalue weighted by atomic mass is 9.85. The Morgan fingerprint density at radius 2 is 2.06 bits per heavy atom. The number of aliphatic hydroxyl groups is 1. The van der Waals surface area contributed by atoms with Crippen LogP contribution in [0.2, 0.25) is 0 Å². The topological polar surface area (TPSA) is 29.5 Å². The molecule has 2 unspecified atom stereocenters. The molecule has 2 nitrogen and oxygen atoms in total. The Morgan fingerprint density at radius 1 is 1.29 bits per heavy atom. The summed E-state index contributed by atoms with van der Waals surface area (Å²) < 4.78 is 5.62. The maximum atomic E-state index is 10.3. The van der Waals surface area contributed by atoms with Gasteiger partial charge in [-0.3, -0.25) is 0 Å². The van der Waals surface area contributed by atoms with Crippen molar-refractivity contribution in [2.24, 2.45) is 5.92 Å². The number of para-hydroxylation sites is 1. The van der Waals surface area contributed by atoms with E-state index in [1.165, 1.54) is 5.56 Å². The van der Waals surface area contributed by atoms with Gasteiger partial charge in [-0.05, 0) is 36.8 Å². The van der Waals surface area contributed by atoms with Crippen LogP contribution in [0.1, 0.15) is 44.6 Å². The van der Waals surface area contributed by atoms with E-state index in [2.05, 4.69) is 19.9 Å². The first kappa shape index (κ1) is 12.4. The molecule has 0 aromatic heterocycles. The maximum Gasteiger partial charge on any atom is 0.122 e. The zero-order valence-electron chi connectivity index (χ0n) is 10.7. The Labute approximate surface area is 104 Å². The summed E-state index contributed by atoms with van der Waals surface area (Å²) in [5, 5.41) is 10.3. The van der Waals surface area contributed by atoms with Gasteiger partial charge in [0.25, 0.3) is 0 Å². The van der Waals surface area contributed by atoms with E-state index in [0.29, 0.717) is 5.92 Å². The fraction of sp³-hybridized carbons (Fsp3) is 0.600. The van der Waals surface area contributed by atoms with E-state index in [9.17, 15) is 5.11 Å². The van der Waals surface area contributed by atoms with Gasteiger partial charge in [0, 0.05) is 5.92 Å². The molecule has 17 heavy (non-hydrogen) atoms. The predicted octanol–water partition coefficient (Wildman–Crippen LogP) is 3.35. The molecule has 1 aromatic rings. The molecule has 0 aliphatic carbocycles. The quantitative estimate of drug-likeness (QED) is 0.865. The van der Waals surface area contributed by atoms with Gasteiger partial charge < -0.3 is 9.84 Å². The highest BCUT2D eigenvalue weighted by atomic mass is 16.5. The molecule has 1 heterocycles. The normalized spacial score (nSPS) is 20.8. The van der Waals surface area contributed by atoms with Crippen molar-refractivity contribution in [1.82, 2.24) is 0 Å². The van der Waals surface area contributed by atoms with Gasteiger partial charge in [0.15, 0.2) is 0 Å². The van der Waals surface area contributed by atoms with E-state index in [-0.39, 0.29) is 12.0 Å². The summed E-state index contributed by atoms with van der Waals surface area (Å²) in [6, 6.07) is 8.09. The highest BCUT2D eigenvalue weighted by Crippen LogP contribution is 2.36. The van der Waals surface area contributed by atoms with Gasteiger partial charge in [0.1, 0.15) is 5.75 Å². The van der Waals surface area contributed by atoms with E-state index in [1.807, 2.05) is 18.2 Å². The van der Waals surface area contributed by atoms with Gasteiger partial charge in [-0.1, -0.05) is 32.0 Å². The molecule has 1 N–H and O–H groups in total. The Hall–Kier alpha value is -1.02. The summed E-state index contributed by atoms with van der Waals surface area (Å²) in [5.74, 6) is 1.85. The predicted molar refractivity (Wildman–Crippen MR) is 69.4 cm³/mol. The summed E-state index contributed by atoms with van der Waals surface area (Å²) >= 11 is 0. The van der Waals surface area contributed by atoms with Crippen LogP contribution in [0.5, 0.6) is 5.75 Å². The van der Waals surface area contributed by atoms with E-state index >= 15 is 0 Å². The highest BCUT2D eigenvalue weighted by molar-refractivity contribution is 5.38. The summed E-state index contributed by atoms with van der Waals surface area (Å²) in [6.07, 6.45) is 2.66. The number of hydrogen-bond acceptors (Lipinski definition) is 2. The van der Waals surface area contributed by atoms with Gasteiger partial charge >= 0.3 is 0 Å². The average molecular weight is 234 g/mol. The molecule has 1 aromatic carbocycles. The maximum absolute atomic E-state index is 10.3. The molecule has 2 rings (SSSR count). The second-order valence-electron chi connectivity index (χ2n) is 5.32. The lowest BCUT2D eigenvalue weighted by molar-refractivity contribution is 0.103. The van der Waals surface area contributed by atoms with Crippen LogP contribution >= 0.6 is 0 Å². The lowest BCUT2D eigenvalue weighted by Crippen LogP contribution is -2.25. The molecular weight excluding hydrogens is 212 g/mol. The largest absolute Gasteiger partial charge is 0.493 e. The van der Waals surface area contributed by atoms with Gasteiger partial charge in [0.05, 0.1) is 12.7 Å². The molecule has 0 fully saturated rings. The Balaban J connectivity index is 2.07. The van der Waals surface area contributed by atoms with Gasteiger partial charge in [-0.2, -0.15) is 0 Å². The number of ether oxygens (including phenoxy) is 1. The first-order chi connectivity index (χ1) is 8.18. The zero-order chi connectivity index (χ0) is 12.3.